The highest BCUT2D eigenvalue weighted by Gasteiger charge is 2.17. The highest BCUT2D eigenvalue weighted by atomic mass is 32.1. The van der Waals surface area contributed by atoms with Crippen molar-refractivity contribution in [3.05, 3.63) is 57.8 Å². The van der Waals surface area contributed by atoms with Gasteiger partial charge in [-0.25, -0.2) is 0 Å². The second-order valence-electron chi connectivity index (χ2n) is 6.87. The molecule has 0 aliphatic heterocycles. The van der Waals surface area contributed by atoms with Gasteiger partial charge < -0.3 is 10.2 Å². The lowest BCUT2D eigenvalue weighted by Crippen LogP contribution is -2.41. The Kier molecular flexibility index (Phi) is 8.00. The van der Waals surface area contributed by atoms with E-state index >= 15 is 0 Å². The van der Waals surface area contributed by atoms with Gasteiger partial charge >= 0.3 is 0 Å². The summed E-state index contributed by atoms with van der Waals surface area (Å²) in [6.07, 6.45) is 1.11. The molecule has 5 nitrogen and oxygen atoms in total. The zero-order valence-corrected chi connectivity index (χ0v) is 17.3. The number of likely N-dealkylation sites (N-methyl/N-ethyl adjacent to an activating group) is 1. The summed E-state index contributed by atoms with van der Waals surface area (Å²) in [5.74, 6) is 0.217. The van der Waals surface area contributed by atoms with Crippen LogP contribution in [0.1, 0.15) is 48.2 Å². The summed E-state index contributed by atoms with van der Waals surface area (Å²) < 4.78 is 0. The maximum absolute atomic E-state index is 12.1. The van der Waals surface area contributed by atoms with E-state index in [0.29, 0.717) is 5.92 Å². The smallest absolute Gasteiger partial charge is 0.241 e. The molecule has 2 N–H and O–H groups in total. The van der Waals surface area contributed by atoms with Gasteiger partial charge in [0.1, 0.15) is 0 Å². The molecule has 2 amide bonds. The molecular weight excluding hydrogens is 358 g/mol. The number of benzene rings is 1. The number of rotatable bonds is 9. The number of amides is 2. The van der Waals surface area contributed by atoms with Crippen molar-refractivity contribution in [3.8, 4) is 0 Å². The van der Waals surface area contributed by atoms with Crippen molar-refractivity contribution in [2.45, 2.75) is 32.2 Å². The number of nitrogens with one attached hydrogen (secondary N) is 2. The fraction of sp³-hybridized carbons (Fsp3) is 0.429. The maximum Gasteiger partial charge on any atom is 0.241 e. The number of nitrogens with zero attached hydrogens (tertiary/aromatic N) is 1. The summed E-state index contributed by atoms with van der Waals surface area (Å²) in [4.78, 5) is 26.3. The van der Waals surface area contributed by atoms with Gasteiger partial charge in [-0.2, -0.15) is 0 Å². The molecule has 1 aromatic carbocycles. The molecule has 146 valence electrons. The fourth-order valence-corrected chi connectivity index (χ4v) is 3.51. The quantitative estimate of drug-likeness (QED) is 0.695. The van der Waals surface area contributed by atoms with Crippen LogP contribution in [0.3, 0.4) is 0 Å². The van der Waals surface area contributed by atoms with E-state index in [9.17, 15) is 9.59 Å². The predicted octanol–water partition coefficient (Wildman–Crippen LogP) is 3.15. The molecule has 0 radical (unpaired) electrons. The van der Waals surface area contributed by atoms with Crippen molar-refractivity contribution in [2.24, 2.45) is 0 Å². The molecule has 6 heteroatoms. The van der Waals surface area contributed by atoms with Crippen LogP contribution >= 0.6 is 11.3 Å². The molecule has 0 saturated carbocycles. The highest BCUT2D eigenvalue weighted by molar-refractivity contribution is 7.10. The first-order valence-corrected chi connectivity index (χ1v) is 10.1. The molecule has 0 saturated heterocycles. The summed E-state index contributed by atoms with van der Waals surface area (Å²) in [5, 5.41) is 8.02. The molecule has 27 heavy (non-hydrogen) atoms. The number of carbonyl (C=O) groups is 2. The Morgan fingerprint density at radius 3 is 2.30 bits per heavy atom. The van der Waals surface area contributed by atoms with Gasteiger partial charge in [-0.3, -0.25) is 14.9 Å². The molecule has 0 aliphatic rings. The van der Waals surface area contributed by atoms with Gasteiger partial charge in [0.2, 0.25) is 11.8 Å². The Hall–Kier alpha value is -2.18. The van der Waals surface area contributed by atoms with Crippen molar-refractivity contribution in [1.82, 2.24) is 15.5 Å². The molecule has 1 heterocycles. The minimum absolute atomic E-state index is 0.0147. The number of hydrogen-bond donors (Lipinski definition) is 2. The van der Waals surface area contributed by atoms with Crippen molar-refractivity contribution < 1.29 is 9.59 Å². The minimum Gasteiger partial charge on any atom is -0.347 e. The first-order chi connectivity index (χ1) is 12.9. The maximum atomic E-state index is 12.1. The van der Waals surface area contributed by atoms with E-state index in [-0.39, 0.29) is 30.9 Å². The highest BCUT2D eigenvalue weighted by Crippen LogP contribution is 2.27. The zero-order valence-electron chi connectivity index (χ0n) is 16.5. The summed E-state index contributed by atoms with van der Waals surface area (Å²) in [6.45, 7) is 4.58. The third-order valence-corrected chi connectivity index (χ3v) is 5.62. The predicted molar refractivity (Wildman–Crippen MR) is 111 cm³/mol. The van der Waals surface area contributed by atoms with Crippen molar-refractivity contribution >= 4 is 23.2 Å². The summed E-state index contributed by atoms with van der Waals surface area (Å²) in [7, 11) is 3.34. The van der Waals surface area contributed by atoms with E-state index in [2.05, 4.69) is 54.8 Å². The van der Waals surface area contributed by atoms with E-state index in [0.717, 1.165) is 16.9 Å². The molecule has 0 unspecified atom stereocenters. The second kappa shape index (κ2) is 10.2. The van der Waals surface area contributed by atoms with Crippen molar-refractivity contribution in [3.63, 3.8) is 0 Å². The molecule has 0 aliphatic carbocycles. The van der Waals surface area contributed by atoms with E-state index in [4.69, 9.17) is 0 Å². The molecule has 2 rings (SSSR count). The average molecular weight is 388 g/mol. The molecular formula is C21H29N3O2S. The van der Waals surface area contributed by atoms with Crippen LogP contribution in [-0.4, -0.2) is 43.9 Å². The first-order valence-electron chi connectivity index (χ1n) is 9.25. The van der Waals surface area contributed by atoms with Gasteiger partial charge in [0.05, 0.1) is 19.1 Å². The largest absolute Gasteiger partial charge is 0.347 e. The van der Waals surface area contributed by atoms with Gasteiger partial charge in [-0.15, -0.1) is 11.3 Å². The van der Waals surface area contributed by atoms with Crippen LogP contribution in [0.25, 0.3) is 0 Å². The van der Waals surface area contributed by atoms with Crippen LogP contribution in [0.15, 0.2) is 41.8 Å². The molecule has 2 aromatic rings. The van der Waals surface area contributed by atoms with E-state index < -0.39 is 0 Å². The van der Waals surface area contributed by atoms with Gasteiger partial charge in [-0.1, -0.05) is 44.2 Å². The van der Waals surface area contributed by atoms with E-state index in [1.807, 2.05) is 11.4 Å². The molecule has 0 fully saturated rings. The van der Waals surface area contributed by atoms with Crippen LogP contribution in [-0.2, 0) is 9.59 Å². The lowest BCUT2D eigenvalue weighted by molar-refractivity contribution is -0.130. The molecule has 1 aromatic heterocycles. The second-order valence-corrected chi connectivity index (χ2v) is 7.85. The van der Waals surface area contributed by atoms with Gasteiger partial charge in [-0.05, 0) is 34.9 Å². The average Bonchev–Trinajstić information content (AvgIpc) is 3.20. The van der Waals surface area contributed by atoms with Crippen LogP contribution < -0.4 is 10.6 Å². The van der Waals surface area contributed by atoms with E-state index in [1.54, 1.807) is 25.4 Å². The van der Waals surface area contributed by atoms with Crippen LogP contribution in [0.2, 0.25) is 0 Å². The third-order valence-electron chi connectivity index (χ3n) is 4.68. The lowest BCUT2D eigenvalue weighted by Gasteiger charge is -2.19. The minimum atomic E-state index is -0.192. The lowest BCUT2D eigenvalue weighted by atomic mass is 9.95. The summed E-state index contributed by atoms with van der Waals surface area (Å²) in [5.41, 5.74) is 2.45. The summed E-state index contributed by atoms with van der Waals surface area (Å²) >= 11 is 1.66. The molecule has 0 bridgehead atoms. The SMILES string of the molecule is CC[C@H](C)c1ccc([C@@H](NCC(=O)NCC(=O)N(C)C)c2cccs2)cc1. The number of carbonyl (C=O) groups excluding carboxylic acids is 2. The van der Waals surface area contributed by atoms with Gasteiger partial charge in [0, 0.05) is 19.0 Å². The summed E-state index contributed by atoms with van der Waals surface area (Å²) in [6, 6.07) is 12.6. The Bertz CT molecular complexity index is 726. The standard InChI is InChI=1S/C21H29N3O2S/c1-5-15(2)16-8-10-17(11-9-16)21(18-7-6-12-27-18)23-13-19(25)22-14-20(26)24(3)4/h6-12,15,21,23H,5,13-14H2,1-4H3,(H,22,25)/t15-,21+/m0/s1. The van der Waals surface area contributed by atoms with E-state index in [1.165, 1.54) is 10.5 Å². The Labute approximate surface area is 165 Å². The van der Waals surface area contributed by atoms with Gasteiger partial charge in [0.25, 0.3) is 0 Å². The normalized spacial score (nSPS) is 13.0. The van der Waals surface area contributed by atoms with Crippen molar-refractivity contribution in [2.75, 3.05) is 27.2 Å². The monoisotopic (exact) mass is 387 g/mol. The number of thiophene rings is 1. The first kappa shape index (κ1) is 21.1. The Morgan fingerprint density at radius 1 is 1.07 bits per heavy atom. The van der Waals surface area contributed by atoms with Crippen molar-refractivity contribution in [1.29, 1.82) is 0 Å². The van der Waals surface area contributed by atoms with Crippen LogP contribution in [0.5, 0.6) is 0 Å². The Balaban J connectivity index is 2.03. The van der Waals surface area contributed by atoms with Gasteiger partial charge in [0.15, 0.2) is 0 Å². The van der Waals surface area contributed by atoms with Crippen LogP contribution in [0.4, 0.5) is 0 Å². The number of hydrogen-bond acceptors (Lipinski definition) is 4. The Morgan fingerprint density at radius 2 is 1.74 bits per heavy atom. The topological polar surface area (TPSA) is 61.4 Å². The molecule has 0 spiro atoms. The van der Waals surface area contributed by atoms with Crippen LogP contribution in [0, 0.1) is 0 Å². The fourth-order valence-electron chi connectivity index (χ4n) is 2.68. The third kappa shape index (κ3) is 6.19. The zero-order chi connectivity index (χ0) is 19.8. The molecule has 2 atom stereocenters.